The Balaban J connectivity index is 1.95. The molecule has 0 spiro atoms. The normalized spacial score (nSPS) is 11.2. The Bertz CT molecular complexity index is 1140. The molecular weight excluding hydrogens is 382 g/mol. The van der Waals surface area contributed by atoms with E-state index >= 15 is 0 Å². The molecule has 3 aromatic carbocycles. The van der Waals surface area contributed by atoms with Gasteiger partial charge in [-0.25, -0.2) is 13.2 Å². The molecule has 0 aliphatic heterocycles. The number of aliphatic hydroxyl groups is 1. The first kappa shape index (κ1) is 19.4. The number of phenols is 1. The second kappa shape index (κ2) is 7.71. The maximum atomic E-state index is 12.7. The van der Waals surface area contributed by atoms with Gasteiger partial charge in [0.1, 0.15) is 11.3 Å². The molecule has 0 saturated heterocycles. The van der Waals surface area contributed by atoms with Crippen molar-refractivity contribution in [1.29, 1.82) is 0 Å². The molecule has 0 aliphatic rings. The second-order valence-corrected chi connectivity index (χ2v) is 7.67. The fourth-order valence-electron chi connectivity index (χ4n) is 2.76. The molecular formula is C20H17NO6S. The Morgan fingerprint density at radius 1 is 0.964 bits per heavy atom. The Labute approximate surface area is 161 Å². The van der Waals surface area contributed by atoms with Crippen LogP contribution in [0.3, 0.4) is 0 Å². The third kappa shape index (κ3) is 3.98. The van der Waals surface area contributed by atoms with E-state index in [1.165, 1.54) is 18.2 Å². The van der Waals surface area contributed by atoms with Gasteiger partial charge >= 0.3 is 5.97 Å². The van der Waals surface area contributed by atoms with Crippen LogP contribution in [0.5, 0.6) is 5.75 Å². The summed E-state index contributed by atoms with van der Waals surface area (Å²) in [6, 6.07) is 16.7. The molecule has 8 heteroatoms. The van der Waals surface area contributed by atoms with Crippen LogP contribution in [0.25, 0.3) is 11.1 Å². The maximum Gasteiger partial charge on any atom is 0.339 e. The molecule has 0 unspecified atom stereocenters. The minimum Gasteiger partial charge on any atom is -0.507 e. The number of carboxylic acid groups (broad SMARTS) is 1. The van der Waals surface area contributed by atoms with E-state index in [-0.39, 0.29) is 22.8 Å². The topological polar surface area (TPSA) is 124 Å². The van der Waals surface area contributed by atoms with E-state index < -0.39 is 21.7 Å². The molecule has 4 N–H and O–H groups in total. The van der Waals surface area contributed by atoms with Crippen molar-refractivity contribution in [1.82, 2.24) is 0 Å². The van der Waals surface area contributed by atoms with Crippen molar-refractivity contribution >= 4 is 21.7 Å². The summed E-state index contributed by atoms with van der Waals surface area (Å²) in [6.07, 6.45) is 0. The number of carbonyl (C=O) groups is 1. The van der Waals surface area contributed by atoms with Crippen LogP contribution in [0.2, 0.25) is 0 Å². The van der Waals surface area contributed by atoms with Gasteiger partial charge in [-0.1, -0.05) is 36.4 Å². The predicted molar refractivity (Wildman–Crippen MR) is 104 cm³/mol. The molecule has 0 fully saturated rings. The standard InChI is InChI=1S/C20H17NO6S/c22-12-14-4-1-2-7-17(14)13-5-3-6-16(10-13)28(26,27)21-15-8-9-18(20(24)25)19(23)11-15/h1-11,21-23H,12H2,(H,24,25). The first-order chi connectivity index (χ1) is 13.3. The molecule has 0 radical (unpaired) electrons. The van der Waals surface area contributed by atoms with Gasteiger partial charge in [0.2, 0.25) is 0 Å². The number of benzene rings is 3. The number of aromatic carboxylic acids is 1. The fourth-order valence-corrected chi connectivity index (χ4v) is 3.86. The SMILES string of the molecule is O=C(O)c1ccc(NS(=O)(=O)c2cccc(-c3ccccc3CO)c2)cc1O. The average Bonchev–Trinajstić information content (AvgIpc) is 2.67. The molecule has 0 bridgehead atoms. The molecule has 144 valence electrons. The van der Waals surface area contributed by atoms with E-state index in [2.05, 4.69) is 4.72 Å². The number of aromatic hydroxyl groups is 1. The summed E-state index contributed by atoms with van der Waals surface area (Å²) in [5, 5.41) is 28.2. The van der Waals surface area contributed by atoms with Gasteiger partial charge in [0.05, 0.1) is 17.2 Å². The number of rotatable bonds is 6. The molecule has 3 rings (SSSR count). The first-order valence-corrected chi connectivity index (χ1v) is 9.68. The second-order valence-electron chi connectivity index (χ2n) is 5.99. The summed E-state index contributed by atoms with van der Waals surface area (Å²) in [4.78, 5) is 10.9. The summed E-state index contributed by atoms with van der Waals surface area (Å²) in [5.41, 5.74) is 1.70. The van der Waals surface area contributed by atoms with Crippen molar-refractivity contribution < 1.29 is 28.5 Å². The van der Waals surface area contributed by atoms with Crippen LogP contribution in [0.15, 0.2) is 71.6 Å². The van der Waals surface area contributed by atoms with E-state index in [4.69, 9.17) is 5.11 Å². The minimum atomic E-state index is -3.98. The van der Waals surface area contributed by atoms with Crippen LogP contribution < -0.4 is 4.72 Å². The average molecular weight is 399 g/mol. The van der Waals surface area contributed by atoms with Gasteiger partial charge in [-0.05, 0) is 41.0 Å². The van der Waals surface area contributed by atoms with E-state index in [1.807, 2.05) is 0 Å². The van der Waals surface area contributed by atoms with Gasteiger partial charge in [0, 0.05) is 6.07 Å². The lowest BCUT2D eigenvalue weighted by molar-refractivity contribution is 0.0693. The Hall–Kier alpha value is -3.36. The van der Waals surface area contributed by atoms with E-state index in [0.29, 0.717) is 16.7 Å². The molecule has 3 aromatic rings. The molecule has 0 heterocycles. The third-order valence-electron chi connectivity index (χ3n) is 4.12. The number of anilines is 1. The van der Waals surface area contributed by atoms with E-state index in [0.717, 1.165) is 12.1 Å². The number of hydrogen-bond donors (Lipinski definition) is 4. The van der Waals surface area contributed by atoms with Gasteiger partial charge in [-0.2, -0.15) is 0 Å². The Kier molecular flexibility index (Phi) is 5.34. The largest absolute Gasteiger partial charge is 0.507 e. The number of nitrogens with one attached hydrogen (secondary N) is 1. The Morgan fingerprint density at radius 2 is 1.71 bits per heavy atom. The van der Waals surface area contributed by atoms with E-state index in [1.54, 1.807) is 36.4 Å². The molecule has 0 saturated carbocycles. The quantitative estimate of drug-likeness (QED) is 0.505. The number of aliphatic hydroxyl groups excluding tert-OH is 1. The summed E-state index contributed by atoms with van der Waals surface area (Å²) < 4.78 is 27.7. The zero-order valence-corrected chi connectivity index (χ0v) is 15.3. The van der Waals surface area contributed by atoms with Crippen molar-refractivity contribution in [2.24, 2.45) is 0 Å². The first-order valence-electron chi connectivity index (χ1n) is 8.20. The van der Waals surface area contributed by atoms with Gasteiger partial charge in [0.15, 0.2) is 0 Å². The maximum absolute atomic E-state index is 12.7. The lowest BCUT2D eigenvalue weighted by Crippen LogP contribution is -2.13. The van der Waals surface area contributed by atoms with Crippen LogP contribution in [0.4, 0.5) is 5.69 Å². The van der Waals surface area contributed by atoms with Crippen molar-refractivity contribution in [2.45, 2.75) is 11.5 Å². The van der Waals surface area contributed by atoms with Gasteiger partial charge < -0.3 is 15.3 Å². The highest BCUT2D eigenvalue weighted by Gasteiger charge is 2.17. The van der Waals surface area contributed by atoms with Crippen molar-refractivity contribution in [3.8, 4) is 16.9 Å². The van der Waals surface area contributed by atoms with Crippen LogP contribution in [-0.2, 0) is 16.6 Å². The zero-order chi connectivity index (χ0) is 20.3. The molecule has 0 atom stereocenters. The predicted octanol–water partition coefficient (Wildman–Crippen LogP) is 3.05. The zero-order valence-electron chi connectivity index (χ0n) is 14.5. The summed E-state index contributed by atoms with van der Waals surface area (Å²) in [6.45, 7) is -0.180. The van der Waals surface area contributed by atoms with Crippen molar-refractivity contribution in [2.75, 3.05) is 4.72 Å². The van der Waals surface area contributed by atoms with Gasteiger partial charge in [-0.15, -0.1) is 0 Å². The van der Waals surface area contributed by atoms with Gasteiger partial charge in [0.25, 0.3) is 10.0 Å². The fraction of sp³-hybridized carbons (Fsp3) is 0.0500. The summed E-state index contributed by atoms with van der Waals surface area (Å²) in [7, 11) is -3.98. The highest BCUT2D eigenvalue weighted by Crippen LogP contribution is 2.28. The highest BCUT2D eigenvalue weighted by atomic mass is 32.2. The monoisotopic (exact) mass is 399 g/mol. The lowest BCUT2D eigenvalue weighted by atomic mass is 10.0. The summed E-state index contributed by atoms with van der Waals surface area (Å²) in [5.74, 6) is -1.86. The van der Waals surface area contributed by atoms with Crippen LogP contribution in [0.1, 0.15) is 15.9 Å². The van der Waals surface area contributed by atoms with Crippen LogP contribution in [0, 0.1) is 0 Å². The summed E-state index contributed by atoms with van der Waals surface area (Å²) >= 11 is 0. The smallest absolute Gasteiger partial charge is 0.339 e. The van der Waals surface area contributed by atoms with Crippen molar-refractivity contribution in [3.05, 3.63) is 77.9 Å². The third-order valence-corrected chi connectivity index (χ3v) is 5.50. The Morgan fingerprint density at radius 3 is 2.39 bits per heavy atom. The van der Waals surface area contributed by atoms with Crippen molar-refractivity contribution in [3.63, 3.8) is 0 Å². The minimum absolute atomic E-state index is 0.0143. The molecule has 0 amide bonds. The van der Waals surface area contributed by atoms with E-state index in [9.17, 15) is 23.4 Å². The number of sulfonamides is 1. The molecule has 28 heavy (non-hydrogen) atoms. The van der Waals surface area contributed by atoms with Gasteiger partial charge in [-0.3, -0.25) is 4.72 Å². The molecule has 7 nitrogen and oxygen atoms in total. The van der Waals surface area contributed by atoms with Crippen LogP contribution >= 0.6 is 0 Å². The highest BCUT2D eigenvalue weighted by molar-refractivity contribution is 7.92. The number of hydrogen-bond acceptors (Lipinski definition) is 5. The van der Waals surface area contributed by atoms with Crippen LogP contribution in [-0.4, -0.2) is 29.7 Å². The number of carboxylic acids is 1. The molecule has 0 aromatic heterocycles. The lowest BCUT2D eigenvalue weighted by Gasteiger charge is -2.12. The molecule has 0 aliphatic carbocycles.